The Bertz CT molecular complexity index is 1230. The van der Waals surface area contributed by atoms with E-state index in [1.807, 2.05) is 48.8 Å². The quantitative estimate of drug-likeness (QED) is 0.279. The van der Waals surface area contributed by atoms with Gasteiger partial charge in [0.25, 0.3) is 0 Å². The second-order valence-electron chi connectivity index (χ2n) is 8.41. The summed E-state index contributed by atoms with van der Waals surface area (Å²) in [5.41, 5.74) is 5.49. The van der Waals surface area contributed by atoms with Crippen LogP contribution >= 0.6 is 12.2 Å². The van der Waals surface area contributed by atoms with Crippen molar-refractivity contribution in [3.63, 3.8) is 0 Å². The molecule has 0 saturated carbocycles. The highest BCUT2D eigenvalue weighted by atomic mass is 32.1. The molecule has 0 unspecified atom stereocenters. The van der Waals surface area contributed by atoms with Crippen LogP contribution in [0.2, 0.25) is 0 Å². The number of aromatic nitrogens is 3. The van der Waals surface area contributed by atoms with Crippen LogP contribution in [-0.2, 0) is 0 Å². The summed E-state index contributed by atoms with van der Waals surface area (Å²) >= 11 is 5.85. The van der Waals surface area contributed by atoms with Crippen molar-refractivity contribution in [2.75, 3.05) is 18.4 Å². The van der Waals surface area contributed by atoms with E-state index in [1.165, 1.54) is 5.69 Å². The van der Waals surface area contributed by atoms with Crippen LogP contribution in [0.5, 0.6) is 0 Å². The lowest BCUT2D eigenvalue weighted by molar-refractivity contribution is 0.307. The summed E-state index contributed by atoms with van der Waals surface area (Å²) in [5.74, 6) is 0. The average molecular weight is 469 g/mol. The summed E-state index contributed by atoms with van der Waals surface area (Å²) < 4.78 is 2.28. The first-order valence-electron chi connectivity index (χ1n) is 11.6. The molecule has 0 bridgehead atoms. The molecular weight excluding hydrogens is 440 g/mol. The van der Waals surface area contributed by atoms with Crippen molar-refractivity contribution in [3.8, 4) is 5.69 Å². The topological polar surface area (TPSA) is 58.0 Å². The zero-order valence-electron chi connectivity index (χ0n) is 19.1. The Kier molecular flexibility index (Phi) is 6.53. The Morgan fingerprint density at radius 2 is 1.82 bits per heavy atom. The maximum absolute atomic E-state index is 5.85. The molecule has 3 aromatic heterocycles. The second-order valence-corrected chi connectivity index (χ2v) is 8.80. The molecule has 1 aliphatic rings. The molecule has 1 aromatic carbocycles. The van der Waals surface area contributed by atoms with Crippen molar-refractivity contribution in [3.05, 3.63) is 108 Å². The molecule has 5 rings (SSSR count). The highest BCUT2D eigenvalue weighted by molar-refractivity contribution is 7.80. The highest BCUT2D eigenvalue weighted by Crippen LogP contribution is 2.40. The van der Waals surface area contributed by atoms with Gasteiger partial charge in [-0.05, 0) is 74.1 Å². The SMILES string of the molecule is Cc1ccc([C@@H]2[C@@H](c3ccccn3)NC(=S)N2CCCNc2ccccc2)n1-c1cccnc1. The minimum absolute atomic E-state index is 0.00744. The van der Waals surface area contributed by atoms with Crippen molar-refractivity contribution < 1.29 is 0 Å². The summed E-state index contributed by atoms with van der Waals surface area (Å²) in [6, 6.07) is 24.7. The van der Waals surface area contributed by atoms with Gasteiger partial charge in [0.05, 0.1) is 29.7 Å². The van der Waals surface area contributed by atoms with Crippen LogP contribution in [0, 0.1) is 6.92 Å². The molecule has 1 aliphatic heterocycles. The van der Waals surface area contributed by atoms with Crippen LogP contribution < -0.4 is 10.6 Å². The van der Waals surface area contributed by atoms with Crippen molar-refractivity contribution in [1.82, 2.24) is 24.8 Å². The maximum Gasteiger partial charge on any atom is 0.170 e. The number of hydrogen-bond acceptors (Lipinski definition) is 4. The number of anilines is 1. The molecule has 2 N–H and O–H groups in total. The van der Waals surface area contributed by atoms with Crippen molar-refractivity contribution in [2.45, 2.75) is 25.4 Å². The van der Waals surface area contributed by atoms with Gasteiger partial charge in [-0.25, -0.2) is 0 Å². The molecule has 7 heteroatoms. The molecule has 34 heavy (non-hydrogen) atoms. The first kappa shape index (κ1) is 22.1. The van der Waals surface area contributed by atoms with Crippen molar-refractivity contribution in [2.24, 2.45) is 0 Å². The lowest BCUT2D eigenvalue weighted by atomic mass is 10.0. The van der Waals surface area contributed by atoms with Crippen molar-refractivity contribution in [1.29, 1.82) is 0 Å². The lowest BCUT2D eigenvalue weighted by Crippen LogP contribution is -2.32. The van der Waals surface area contributed by atoms with Crippen LogP contribution in [0.1, 0.15) is 35.6 Å². The normalized spacial score (nSPS) is 17.6. The van der Waals surface area contributed by atoms with Crippen LogP contribution in [-0.4, -0.2) is 37.6 Å². The number of hydrogen-bond donors (Lipinski definition) is 2. The second kappa shape index (κ2) is 10.1. The average Bonchev–Trinajstić information content (AvgIpc) is 3.42. The maximum atomic E-state index is 5.85. The zero-order valence-corrected chi connectivity index (χ0v) is 19.9. The lowest BCUT2D eigenvalue weighted by Gasteiger charge is -2.29. The van der Waals surface area contributed by atoms with Crippen LogP contribution in [0.15, 0.2) is 91.4 Å². The molecular formula is C27H28N6S. The van der Waals surface area contributed by atoms with Gasteiger partial charge in [-0.15, -0.1) is 0 Å². The molecule has 1 fully saturated rings. The minimum atomic E-state index is -0.0412. The van der Waals surface area contributed by atoms with E-state index in [9.17, 15) is 0 Å². The summed E-state index contributed by atoms with van der Waals surface area (Å²) in [5, 5.41) is 7.83. The Hall–Kier alpha value is -3.71. The van der Waals surface area contributed by atoms with Gasteiger partial charge in [-0.1, -0.05) is 24.3 Å². The van der Waals surface area contributed by atoms with Crippen LogP contribution in [0.4, 0.5) is 5.69 Å². The number of thiocarbonyl (C=S) groups is 1. The Labute approximate surface area is 205 Å². The molecule has 172 valence electrons. The summed E-state index contributed by atoms with van der Waals surface area (Å²) in [7, 11) is 0. The number of aryl methyl sites for hydroxylation is 1. The molecule has 2 atom stereocenters. The molecule has 4 heterocycles. The van der Waals surface area contributed by atoms with E-state index in [-0.39, 0.29) is 12.1 Å². The third-order valence-corrected chi connectivity index (χ3v) is 6.54. The first-order chi connectivity index (χ1) is 16.7. The minimum Gasteiger partial charge on any atom is -0.385 e. The van der Waals surface area contributed by atoms with Gasteiger partial charge in [0.1, 0.15) is 0 Å². The van der Waals surface area contributed by atoms with E-state index in [2.05, 4.69) is 73.4 Å². The van der Waals surface area contributed by atoms with Gasteiger partial charge < -0.3 is 20.1 Å². The number of nitrogens with one attached hydrogen (secondary N) is 2. The predicted octanol–water partition coefficient (Wildman–Crippen LogP) is 5.05. The molecule has 0 amide bonds. The molecule has 0 spiro atoms. The van der Waals surface area contributed by atoms with Gasteiger partial charge in [-0.2, -0.15) is 0 Å². The fourth-order valence-corrected chi connectivity index (χ4v) is 4.97. The monoisotopic (exact) mass is 468 g/mol. The zero-order chi connectivity index (χ0) is 23.3. The first-order valence-corrected chi connectivity index (χ1v) is 12.0. The van der Waals surface area contributed by atoms with Crippen LogP contribution in [0.25, 0.3) is 5.69 Å². The van der Waals surface area contributed by atoms with E-state index >= 15 is 0 Å². The number of pyridine rings is 2. The van der Waals surface area contributed by atoms with Gasteiger partial charge >= 0.3 is 0 Å². The van der Waals surface area contributed by atoms with Gasteiger partial charge in [-0.3, -0.25) is 9.97 Å². The molecule has 1 saturated heterocycles. The fourth-order valence-electron chi connectivity index (χ4n) is 4.63. The van der Waals surface area contributed by atoms with E-state index in [4.69, 9.17) is 12.2 Å². The molecule has 0 aliphatic carbocycles. The standard InChI is InChI=1S/C27H28N6S/c1-20-13-14-24(33(20)22-11-7-15-28-19-22)26-25(23-12-5-6-16-30-23)31-27(34)32(26)18-8-17-29-21-9-3-2-4-10-21/h2-7,9-16,19,25-26,29H,8,17-18H2,1H3,(H,31,34)/t25-,26-/m1/s1. The number of rotatable bonds is 8. The molecule has 6 nitrogen and oxygen atoms in total. The summed E-state index contributed by atoms with van der Waals surface area (Å²) in [4.78, 5) is 11.3. The largest absolute Gasteiger partial charge is 0.385 e. The number of nitrogens with zero attached hydrogens (tertiary/aromatic N) is 4. The Balaban J connectivity index is 1.45. The summed E-state index contributed by atoms with van der Waals surface area (Å²) in [6.45, 7) is 3.82. The van der Waals surface area contributed by atoms with Crippen LogP contribution in [0.3, 0.4) is 0 Å². The summed E-state index contributed by atoms with van der Waals surface area (Å²) in [6.07, 6.45) is 6.50. The Morgan fingerprint density at radius 3 is 2.59 bits per heavy atom. The van der Waals surface area contributed by atoms with Gasteiger partial charge in [0.2, 0.25) is 0 Å². The van der Waals surface area contributed by atoms with E-state index in [1.54, 1.807) is 6.20 Å². The van der Waals surface area contributed by atoms with Gasteiger partial charge in [0.15, 0.2) is 5.11 Å². The predicted molar refractivity (Wildman–Crippen MR) is 140 cm³/mol. The smallest absolute Gasteiger partial charge is 0.170 e. The van der Waals surface area contributed by atoms with E-state index < -0.39 is 0 Å². The third kappa shape index (κ3) is 4.52. The van der Waals surface area contributed by atoms with Crippen molar-refractivity contribution >= 4 is 23.0 Å². The fraction of sp³-hybridized carbons (Fsp3) is 0.222. The third-order valence-electron chi connectivity index (χ3n) is 6.19. The van der Waals surface area contributed by atoms with Gasteiger partial charge in [0, 0.05) is 42.6 Å². The molecule has 0 radical (unpaired) electrons. The Morgan fingerprint density at radius 1 is 0.971 bits per heavy atom. The number of para-hydroxylation sites is 1. The highest BCUT2D eigenvalue weighted by Gasteiger charge is 2.41. The van der Waals surface area contributed by atoms with E-state index in [0.717, 1.165) is 47.4 Å². The molecule has 4 aromatic rings. The van der Waals surface area contributed by atoms with E-state index in [0.29, 0.717) is 0 Å². The number of benzene rings is 1.